The summed E-state index contributed by atoms with van der Waals surface area (Å²) in [7, 11) is 4.14. The molecule has 2 N–H and O–H groups in total. The van der Waals surface area contributed by atoms with Crippen molar-refractivity contribution in [2.24, 2.45) is 0 Å². The first-order valence-electron chi connectivity index (χ1n) is 6.64. The minimum atomic E-state index is 0.243. The van der Waals surface area contributed by atoms with Gasteiger partial charge in [-0.25, -0.2) is 4.68 Å². The number of nitrogen functional groups attached to an aromatic ring is 1. The van der Waals surface area contributed by atoms with Crippen LogP contribution in [-0.4, -0.2) is 28.9 Å². The van der Waals surface area contributed by atoms with Gasteiger partial charge in [-0.05, 0) is 18.9 Å². The monoisotopic (exact) mass is 257 g/mol. The molecule has 1 aromatic heterocycles. The van der Waals surface area contributed by atoms with Crippen LogP contribution in [0.25, 0.3) is 0 Å². The molecule has 1 atom stereocenters. The van der Waals surface area contributed by atoms with Crippen LogP contribution in [-0.2, 0) is 6.42 Å². The Labute approximate surface area is 113 Å². The summed E-state index contributed by atoms with van der Waals surface area (Å²) in [6.45, 7) is 0. The molecule has 2 heterocycles. The fourth-order valence-electron chi connectivity index (χ4n) is 2.83. The fourth-order valence-corrected chi connectivity index (χ4v) is 2.83. The smallest absolute Gasteiger partial charge is 0.239 e. The molecule has 0 spiro atoms. The van der Waals surface area contributed by atoms with Crippen LogP contribution in [0.2, 0.25) is 0 Å². The van der Waals surface area contributed by atoms with Crippen molar-refractivity contribution in [1.29, 1.82) is 0 Å². The highest BCUT2D eigenvalue weighted by molar-refractivity contribution is 5.54. The number of hydrogen-bond donors (Lipinski definition) is 1. The molecule has 1 aromatic carbocycles. The van der Waals surface area contributed by atoms with E-state index in [0.717, 1.165) is 25.1 Å². The van der Waals surface area contributed by atoms with Gasteiger partial charge in [-0.2, -0.15) is 4.98 Å². The predicted octanol–water partition coefficient (Wildman–Crippen LogP) is 1.85. The summed E-state index contributed by atoms with van der Waals surface area (Å²) in [6, 6.07) is 8.71. The largest absolute Gasteiger partial charge is 0.377 e. The van der Waals surface area contributed by atoms with E-state index in [1.54, 1.807) is 0 Å². The molecule has 0 fully saturated rings. The molecule has 3 rings (SSSR count). The van der Waals surface area contributed by atoms with Crippen molar-refractivity contribution < 1.29 is 0 Å². The van der Waals surface area contributed by atoms with Crippen molar-refractivity contribution >= 4 is 11.6 Å². The third-order valence-electron chi connectivity index (χ3n) is 3.67. The van der Waals surface area contributed by atoms with E-state index in [1.165, 1.54) is 11.3 Å². The first kappa shape index (κ1) is 12.0. The number of para-hydroxylation sites is 1. The van der Waals surface area contributed by atoms with Crippen molar-refractivity contribution in [1.82, 2.24) is 14.8 Å². The number of benzene rings is 1. The SMILES string of the molecule is CN(C)c1ccccc1C1CCCc2nc(N)nn21. The number of aryl methyl sites for hydroxylation is 1. The van der Waals surface area contributed by atoms with Gasteiger partial charge >= 0.3 is 0 Å². The maximum atomic E-state index is 5.74. The first-order valence-corrected chi connectivity index (χ1v) is 6.64. The average Bonchev–Trinajstić information content (AvgIpc) is 2.78. The van der Waals surface area contributed by atoms with Crippen molar-refractivity contribution in [2.45, 2.75) is 25.3 Å². The Morgan fingerprint density at radius 1 is 1.32 bits per heavy atom. The van der Waals surface area contributed by atoms with Crippen LogP contribution >= 0.6 is 0 Å². The van der Waals surface area contributed by atoms with Crippen LogP contribution in [0.4, 0.5) is 11.6 Å². The Kier molecular flexibility index (Phi) is 2.89. The summed E-state index contributed by atoms with van der Waals surface area (Å²) >= 11 is 0. The lowest BCUT2D eigenvalue weighted by atomic mass is 9.96. The standard InChI is InChI=1S/C14H19N5/c1-18(2)11-7-4-3-6-10(11)12-8-5-9-13-16-14(15)17-19(12)13/h3-4,6-7,12H,5,8-9H2,1-2H3,(H2,15,17). The van der Waals surface area contributed by atoms with Gasteiger partial charge in [-0.15, -0.1) is 5.10 Å². The van der Waals surface area contributed by atoms with E-state index in [2.05, 4.69) is 53.3 Å². The minimum absolute atomic E-state index is 0.243. The zero-order valence-corrected chi connectivity index (χ0v) is 11.4. The molecule has 1 aliphatic rings. The maximum Gasteiger partial charge on any atom is 0.239 e. The molecular weight excluding hydrogens is 238 g/mol. The van der Waals surface area contributed by atoms with Gasteiger partial charge in [0.05, 0.1) is 6.04 Å². The minimum Gasteiger partial charge on any atom is -0.377 e. The van der Waals surface area contributed by atoms with Gasteiger partial charge in [0, 0.05) is 31.8 Å². The number of rotatable bonds is 2. The molecule has 0 amide bonds. The van der Waals surface area contributed by atoms with Crippen molar-refractivity contribution in [3.63, 3.8) is 0 Å². The quantitative estimate of drug-likeness (QED) is 0.892. The highest BCUT2D eigenvalue weighted by Crippen LogP contribution is 2.34. The van der Waals surface area contributed by atoms with Crippen LogP contribution < -0.4 is 10.6 Å². The van der Waals surface area contributed by atoms with Crippen LogP contribution in [0.5, 0.6) is 0 Å². The van der Waals surface area contributed by atoms with Crippen LogP contribution in [0.15, 0.2) is 24.3 Å². The van der Waals surface area contributed by atoms with Crippen LogP contribution in [0.1, 0.15) is 30.3 Å². The molecular formula is C14H19N5. The topological polar surface area (TPSA) is 60.0 Å². The second kappa shape index (κ2) is 4.57. The number of nitrogens with zero attached hydrogens (tertiary/aromatic N) is 4. The number of anilines is 2. The third kappa shape index (κ3) is 2.05. The molecule has 19 heavy (non-hydrogen) atoms. The molecule has 2 aromatic rings. The number of hydrogen-bond acceptors (Lipinski definition) is 4. The second-order valence-electron chi connectivity index (χ2n) is 5.19. The second-order valence-corrected chi connectivity index (χ2v) is 5.19. The molecule has 5 heteroatoms. The molecule has 0 saturated carbocycles. The summed E-state index contributed by atoms with van der Waals surface area (Å²) in [5.41, 5.74) is 8.26. The number of aromatic nitrogens is 3. The van der Waals surface area contributed by atoms with Gasteiger partial charge in [0.2, 0.25) is 5.95 Å². The molecule has 0 saturated heterocycles. The van der Waals surface area contributed by atoms with Crippen LogP contribution in [0, 0.1) is 0 Å². The zero-order valence-electron chi connectivity index (χ0n) is 11.4. The Morgan fingerprint density at radius 3 is 2.89 bits per heavy atom. The number of fused-ring (bicyclic) bond motifs is 1. The summed E-state index contributed by atoms with van der Waals surface area (Å²) in [6.07, 6.45) is 3.18. The van der Waals surface area contributed by atoms with E-state index in [0.29, 0.717) is 5.95 Å². The van der Waals surface area contributed by atoms with E-state index in [4.69, 9.17) is 5.73 Å². The Bertz CT molecular complexity index is 587. The highest BCUT2D eigenvalue weighted by Gasteiger charge is 2.26. The van der Waals surface area contributed by atoms with E-state index < -0.39 is 0 Å². The highest BCUT2D eigenvalue weighted by atomic mass is 15.4. The Balaban J connectivity index is 2.09. The van der Waals surface area contributed by atoms with Gasteiger partial charge in [0.25, 0.3) is 0 Å². The molecule has 100 valence electrons. The van der Waals surface area contributed by atoms with Gasteiger partial charge < -0.3 is 10.6 Å². The van der Waals surface area contributed by atoms with Crippen molar-refractivity contribution in [2.75, 3.05) is 24.7 Å². The number of nitrogens with two attached hydrogens (primary N) is 1. The molecule has 5 nitrogen and oxygen atoms in total. The van der Waals surface area contributed by atoms with Gasteiger partial charge in [-0.3, -0.25) is 0 Å². The normalized spacial score (nSPS) is 18.1. The molecule has 0 radical (unpaired) electrons. The van der Waals surface area contributed by atoms with E-state index >= 15 is 0 Å². The zero-order chi connectivity index (χ0) is 13.4. The lowest BCUT2D eigenvalue weighted by Gasteiger charge is -2.27. The van der Waals surface area contributed by atoms with Crippen LogP contribution in [0.3, 0.4) is 0 Å². The lowest BCUT2D eigenvalue weighted by Crippen LogP contribution is -2.23. The van der Waals surface area contributed by atoms with Crippen molar-refractivity contribution in [3.05, 3.63) is 35.7 Å². The summed E-state index contributed by atoms with van der Waals surface area (Å²) in [5, 5.41) is 4.37. The molecule has 0 aliphatic carbocycles. The van der Waals surface area contributed by atoms with E-state index in [9.17, 15) is 0 Å². The van der Waals surface area contributed by atoms with Gasteiger partial charge in [0.15, 0.2) is 0 Å². The first-order chi connectivity index (χ1) is 9.16. The molecule has 0 bridgehead atoms. The lowest BCUT2D eigenvalue weighted by molar-refractivity contribution is 0.413. The summed E-state index contributed by atoms with van der Waals surface area (Å²) < 4.78 is 2.00. The van der Waals surface area contributed by atoms with Crippen molar-refractivity contribution in [3.8, 4) is 0 Å². The summed E-state index contributed by atoms with van der Waals surface area (Å²) in [4.78, 5) is 6.46. The van der Waals surface area contributed by atoms with Gasteiger partial charge in [-0.1, -0.05) is 18.2 Å². The van der Waals surface area contributed by atoms with E-state index in [-0.39, 0.29) is 6.04 Å². The van der Waals surface area contributed by atoms with Gasteiger partial charge in [0.1, 0.15) is 5.82 Å². The summed E-state index contributed by atoms with van der Waals surface area (Å²) in [5.74, 6) is 1.38. The van der Waals surface area contributed by atoms with E-state index in [1.807, 2.05) is 4.68 Å². The average molecular weight is 257 g/mol. The Hall–Kier alpha value is -2.04. The molecule has 1 unspecified atom stereocenters. The maximum absolute atomic E-state index is 5.74. The predicted molar refractivity (Wildman–Crippen MR) is 76.3 cm³/mol. The molecule has 1 aliphatic heterocycles. The fraction of sp³-hybridized carbons (Fsp3) is 0.429. The third-order valence-corrected chi connectivity index (χ3v) is 3.67. The Morgan fingerprint density at radius 2 is 2.11 bits per heavy atom.